The first kappa shape index (κ1) is 17.8. The molecule has 0 atom stereocenters. The van der Waals surface area contributed by atoms with Crippen LogP contribution in [0.1, 0.15) is 19.8 Å². The minimum atomic E-state index is -0.314. The Kier molecular flexibility index (Phi) is 5.60. The van der Waals surface area contributed by atoms with E-state index in [1.54, 1.807) is 16.8 Å². The van der Waals surface area contributed by atoms with E-state index in [-0.39, 0.29) is 22.5 Å². The molecule has 134 valence electrons. The lowest BCUT2D eigenvalue weighted by molar-refractivity contribution is -0.149. The molecular weight excluding hydrogens is 345 g/mol. The van der Waals surface area contributed by atoms with Crippen molar-refractivity contribution in [2.24, 2.45) is 5.92 Å². The second-order valence-electron chi connectivity index (χ2n) is 5.97. The number of ether oxygens (including phenoxy) is 1. The van der Waals surface area contributed by atoms with E-state index in [1.165, 1.54) is 12.1 Å². The maximum atomic E-state index is 13.0. The van der Waals surface area contributed by atoms with Crippen LogP contribution in [0.25, 0.3) is 11.5 Å². The maximum Gasteiger partial charge on any atom is 0.309 e. The van der Waals surface area contributed by atoms with Gasteiger partial charge in [0.15, 0.2) is 0 Å². The average molecular weight is 365 g/mol. The van der Waals surface area contributed by atoms with Crippen molar-refractivity contribution in [3.05, 3.63) is 34.9 Å². The number of esters is 1. The largest absolute Gasteiger partial charge is 0.466 e. The summed E-state index contributed by atoms with van der Waals surface area (Å²) in [6.07, 6.45) is 1.52. The Bertz CT molecular complexity index is 779. The lowest BCUT2D eigenvalue weighted by atomic mass is 9.97. The fourth-order valence-electron chi connectivity index (χ4n) is 2.86. The Morgan fingerprint density at radius 3 is 2.68 bits per heavy atom. The molecule has 1 fully saturated rings. The smallest absolute Gasteiger partial charge is 0.309 e. The minimum absolute atomic E-state index is 0.0312. The van der Waals surface area contributed by atoms with Crippen LogP contribution in [-0.4, -0.2) is 40.3 Å². The van der Waals surface area contributed by atoms with Crippen molar-refractivity contribution in [2.75, 3.05) is 19.7 Å². The lowest BCUT2D eigenvalue weighted by Gasteiger charge is -2.30. The number of piperidine rings is 1. The predicted octanol–water partition coefficient (Wildman–Crippen LogP) is 3.24. The van der Waals surface area contributed by atoms with Gasteiger partial charge in [0.25, 0.3) is 4.84 Å². The average Bonchev–Trinajstić information content (AvgIpc) is 2.97. The summed E-state index contributed by atoms with van der Waals surface area (Å²) in [5.74, 6) is -0.0901. The molecule has 0 spiro atoms. The van der Waals surface area contributed by atoms with Crippen LogP contribution >= 0.6 is 12.2 Å². The molecule has 1 aromatic carbocycles. The van der Waals surface area contributed by atoms with Crippen molar-refractivity contribution < 1.29 is 18.3 Å². The van der Waals surface area contributed by atoms with Gasteiger partial charge in [0, 0.05) is 18.7 Å². The molecule has 0 N–H and O–H groups in total. The molecule has 1 aromatic heterocycles. The third-order valence-corrected chi connectivity index (χ3v) is 4.53. The monoisotopic (exact) mass is 365 g/mol. The number of carbonyl (C=O) groups is 1. The first-order chi connectivity index (χ1) is 12.1. The van der Waals surface area contributed by atoms with Crippen LogP contribution in [-0.2, 0) is 16.2 Å². The molecule has 6 nitrogen and oxygen atoms in total. The Morgan fingerprint density at radius 2 is 2.04 bits per heavy atom. The summed E-state index contributed by atoms with van der Waals surface area (Å²) in [7, 11) is 0. The third kappa shape index (κ3) is 4.32. The van der Waals surface area contributed by atoms with Crippen LogP contribution in [0.3, 0.4) is 0 Å². The molecule has 0 amide bonds. The van der Waals surface area contributed by atoms with E-state index >= 15 is 0 Å². The van der Waals surface area contributed by atoms with Gasteiger partial charge in [-0.05, 0) is 56.2 Å². The van der Waals surface area contributed by atoms with E-state index in [1.807, 2.05) is 6.92 Å². The van der Waals surface area contributed by atoms with Gasteiger partial charge in [0.1, 0.15) is 5.82 Å². The first-order valence-corrected chi connectivity index (χ1v) is 8.70. The van der Waals surface area contributed by atoms with Crippen LogP contribution in [0.4, 0.5) is 4.39 Å². The van der Waals surface area contributed by atoms with Gasteiger partial charge < -0.3 is 9.15 Å². The molecule has 0 unspecified atom stereocenters. The second-order valence-corrected chi connectivity index (χ2v) is 6.31. The Hall–Kier alpha value is -2.06. The van der Waals surface area contributed by atoms with E-state index in [2.05, 4.69) is 10.00 Å². The SMILES string of the molecule is CCOC(=O)C1CCN(Cn2nc(-c3ccc(F)cc3)oc2=S)CC1. The highest BCUT2D eigenvalue weighted by Crippen LogP contribution is 2.21. The number of halogens is 1. The molecule has 0 aliphatic carbocycles. The molecule has 1 aliphatic heterocycles. The summed E-state index contributed by atoms with van der Waals surface area (Å²) in [6, 6.07) is 5.91. The van der Waals surface area contributed by atoms with Crippen molar-refractivity contribution >= 4 is 18.2 Å². The number of likely N-dealkylation sites (tertiary alicyclic amines) is 1. The first-order valence-electron chi connectivity index (χ1n) is 8.29. The van der Waals surface area contributed by atoms with Gasteiger partial charge in [0.2, 0.25) is 5.89 Å². The summed E-state index contributed by atoms with van der Waals surface area (Å²) in [4.78, 5) is 14.2. The van der Waals surface area contributed by atoms with Crippen molar-refractivity contribution in [1.82, 2.24) is 14.7 Å². The van der Waals surface area contributed by atoms with Crippen molar-refractivity contribution in [3.63, 3.8) is 0 Å². The van der Waals surface area contributed by atoms with Gasteiger partial charge in [-0.25, -0.2) is 9.07 Å². The van der Waals surface area contributed by atoms with E-state index in [0.717, 1.165) is 25.9 Å². The molecule has 0 radical (unpaired) electrons. The number of nitrogens with zero attached hydrogens (tertiary/aromatic N) is 3. The maximum absolute atomic E-state index is 13.0. The Balaban J connectivity index is 1.62. The van der Waals surface area contributed by atoms with Crippen LogP contribution in [0.2, 0.25) is 0 Å². The molecule has 3 rings (SSSR count). The molecule has 2 heterocycles. The van der Waals surface area contributed by atoms with E-state index in [0.29, 0.717) is 24.7 Å². The molecule has 0 saturated carbocycles. The van der Waals surface area contributed by atoms with Gasteiger partial charge in [-0.3, -0.25) is 9.69 Å². The third-order valence-electron chi connectivity index (χ3n) is 4.24. The van der Waals surface area contributed by atoms with Gasteiger partial charge in [0.05, 0.1) is 19.2 Å². The Morgan fingerprint density at radius 1 is 1.36 bits per heavy atom. The molecular formula is C17H20FN3O3S. The number of hydrogen-bond acceptors (Lipinski definition) is 6. The molecule has 1 saturated heterocycles. The number of carbonyl (C=O) groups excluding carboxylic acids is 1. The number of hydrogen-bond donors (Lipinski definition) is 0. The van der Waals surface area contributed by atoms with Gasteiger partial charge in [-0.1, -0.05) is 0 Å². The fraction of sp³-hybridized carbons (Fsp3) is 0.471. The number of benzene rings is 1. The van der Waals surface area contributed by atoms with Crippen LogP contribution in [0, 0.1) is 16.6 Å². The molecule has 25 heavy (non-hydrogen) atoms. The zero-order valence-electron chi connectivity index (χ0n) is 14.0. The van der Waals surface area contributed by atoms with Crippen molar-refractivity contribution in [1.29, 1.82) is 0 Å². The topological polar surface area (TPSA) is 60.5 Å². The van der Waals surface area contributed by atoms with Gasteiger partial charge >= 0.3 is 5.97 Å². The predicted molar refractivity (Wildman–Crippen MR) is 91.7 cm³/mol. The highest BCUT2D eigenvalue weighted by atomic mass is 32.1. The summed E-state index contributed by atoms with van der Waals surface area (Å²) in [5.41, 5.74) is 0.673. The molecule has 1 aliphatic rings. The van der Waals surface area contributed by atoms with Crippen LogP contribution in [0.5, 0.6) is 0 Å². The molecule has 2 aromatic rings. The Labute approximate surface area is 150 Å². The highest BCUT2D eigenvalue weighted by molar-refractivity contribution is 7.71. The van der Waals surface area contributed by atoms with Crippen LogP contribution < -0.4 is 0 Å². The van der Waals surface area contributed by atoms with Gasteiger partial charge in [-0.2, -0.15) is 0 Å². The van der Waals surface area contributed by atoms with E-state index in [4.69, 9.17) is 21.4 Å². The normalized spacial score (nSPS) is 16.1. The minimum Gasteiger partial charge on any atom is -0.466 e. The standard InChI is InChI=1S/C17H20FN3O3S/c1-2-23-16(22)13-7-9-20(10-8-13)11-21-17(25)24-15(19-21)12-3-5-14(18)6-4-12/h3-6,13H,2,7-11H2,1H3. The van der Waals surface area contributed by atoms with Crippen LogP contribution in [0.15, 0.2) is 28.7 Å². The zero-order valence-corrected chi connectivity index (χ0v) is 14.8. The summed E-state index contributed by atoms with van der Waals surface area (Å²) >= 11 is 5.23. The van der Waals surface area contributed by atoms with E-state index < -0.39 is 0 Å². The highest BCUT2D eigenvalue weighted by Gasteiger charge is 2.26. The quantitative estimate of drug-likeness (QED) is 0.599. The van der Waals surface area contributed by atoms with Gasteiger partial charge in [-0.15, -0.1) is 5.10 Å². The summed E-state index contributed by atoms with van der Waals surface area (Å²) in [6.45, 7) is 4.27. The van der Waals surface area contributed by atoms with Crippen molar-refractivity contribution in [3.8, 4) is 11.5 Å². The van der Waals surface area contributed by atoms with E-state index in [9.17, 15) is 9.18 Å². The number of aromatic nitrogens is 2. The molecule has 8 heteroatoms. The summed E-state index contributed by atoms with van der Waals surface area (Å²) in [5, 5.41) is 4.38. The summed E-state index contributed by atoms with van der Waals surface area (Å²) < 4.78 is 25.2. The number of rotatable bonds is 5. The fourth-order valence-corrected chi connectivity index (χ4v) is 3.04. The molecule has 0 bridgehead atoms. The zero-order chi connectivity index (χ0) is 17.8. The second kappa shape index (κ2) is 7.88. The lowest BCUT2D eigenvalue weighted by Crippen LogP contribution is -2.38. The van der Waals surface area contributed by atoms with Crippen molar-refractivity contribution in [2.45, 2.75) is 26.4 Å².